The fourth-order valence-corrected chi connectivity index (χ4v) is 1.44. The number of rotatable bonds is 6. The zero-order chi connectivity index (χ0) is 9.56. The molecule has 12 heavy (non-hydrogen) atoms. The third-order valence-electron chi connectivity index (χ3n) is 2.01. The van der Waals surface area contributed by atoms with Crippen LogP contribution in [0.3, 0.4) is 0 Å². The molecule has 0 N–H and O–H groups in total. The van der Waals surface area contributed by atoms with Gasteiger partial charge in [-0.3, -0.25) is 0 Å². The van der Waals surface area contributed by atoms with Crippen LogP contribution in [-0.2, 0) is 0 Å². The van der Waals surface area contributed by atoms with Crippen LogP contribution in [0.2, 0.25) is 12.1 Å². The summed E-state index contributed by atoms with van der Waals surface area (Å²) in [5, 5.41) is 0. The maximum Gasteiger partial charge on any atom is 0.123 e. The maximum absolute atomic E-state index is 4.09. The molecule has 0 bridgehead atoms. The summed E-state index contributed by atoms with van der Waals surface area (Å²) in [6.07, 6.45) is 3.76. The topological polar surface area (TPSA) is 0 Å². The van der Waals surface area contributed by atoms with Gasteiger partial charge in [0.15, 0.2) is 0 Å². The van der Waals surface area contributed by atoms with Crippen LogP contribution in [-0.4, -0.2) is 7.28 Å². The van der Waals surface area contributed by atoms with E-state index in [1.807, 2.05) is 0 Å². The normalized spacial score (nSPS) is 10.8. The molecule has 0 spiro atoms. The lowest BCUT2D eigenvalue weighted by molar-refractivity contribution is 0.631. The molecule has 0 heterocycles. The van der Waals surface area contributed by atoms with Gasteiger partial charge in [0.05, 0.1) is 0 Å². The van der Waals surface area contributed by atoms with Gasteiger partial charge in [-0.15, -0.1) is 0 Å². The van der Waals surface area contributed by atoms with Crippen molar-refractivity contribution in [3.8, 4) is 0 Å². The summed E-state index contributed by atoms with van der Waals surface area (Å²) >= 11 is 0. The van der Waals surface area contributed by atoms with E-state index in [1.165, 1.54) is 32.0 Å². The van der Waals surface area contributed by atoms with Crippen molar-refractivity contribution in [1.82, 2.24) is 0 Å². The molecule has 0 aromatic heterocycles. The number of hydrogen-bond acceptors (Lipinski definition) is 0. The second-order valence-electron chi connectivity index (χ2n) is 4.63. The molecule has 0 nitrogen and oxygen atoms in total. The van der Waals surface area contributed by atoms with Crippen LogP contribution in [0.4, 0.5) is 0 Å². The van der Waals surface area contributed by atoms with E-state index in [-0.39, 0.29) is 0 Å². The molecule has 0 radical (unpaired) electrons. The standard InChI is InChI=1S/C11H23B/c1-9(2)8-11(5)6-7-12-10(3)4/h9-10,12H,5-8H2,1-4H3. The summed E-state index contributed by atoms with van der Waals surface area (Å²) in [6, 6.07) is 0. The Bertz CT molecular complexity index is 125. The zero-order valence-corrected chi connectivity index (χ0v) is 9.19. The molecule has 0 saturated heterocycles. The first-order valence-corrected chi connectivity index (χ1v) is 5.19. The first-order valence-electron chi connectivity index (χ1n) is 5.19. The Hall–Kier alpha value is -0.195. The van der Waals surface area contributed by atoms with Crippen molar-refractivity contribution >= 4 is 7.28 Å². The van der Waals surface area contributed by atoms with Gasteiger partial charge in [-0.2, -0.15) is 0 Å². The lowest BCUT2D eigenvalue weighted by atomic mass is 9.62. The molecule has 0 unspecified atom stereocenters. The van der Waals surface area contributed by atoms with Gasteiger partial charge in [0.1, 0.15) is 7.28 Å². The first kappa shape index (κ1) is 11.8. The number of allylic oxidation sites excluding steroid dienone is 1. The van der Waals surface area contributed by atoms with Crippen LogP contribution in [0.25, 0.3) is 0 Å². The molecule has 0 atom stereocenters. The molecule has 0 aliphatic carbocycles. The van der Waals surface area contributed by atoms with Crippen molar-refractivity contribution in [2.75, 3.05) is 0 Å². The second kappa shape index (κ2) is 6.34. The molecule has 0 fully saturated rings. The highest BCUT2D eigenvalue weighted by atomic mass is 14.0. The highest BCUT2D eigenvalue weighted by Gasteiger charge is 2.01. The molecule has 0 aromatic rings. The minimum atomic E-state index is 0.775. The summed E-state index contributed by atoms with van der Waals surface area (Å²) in [5.41, 5.74) is 1.44. The minimum absolute atomic E-state index is 0.775. The van der Waals surface area contributed by atoms with E-state index >= 15 is 0 Å². The Morgan fingerprint density at radius 1 is 1.25 bits per heavy atom. The van der Waals surface area contributed by atoms with Crippen LogP contribution in [0.15, 0.2) is 12.2 Å². The minimum Gasteiger partial charge on any atom is -0.0999 e. The first-order chi connectivity index (χ1) is 5.52. The van der Waals surface area contributed by atoms with Crippen molar-refractivity contribution in [2.24, 2.45) is 5.92 Å². The summed E-state index contributed by atoms with van der Waals surface area (Å²) in [5.74, 6) is 1.62. The van der Waals surface area contributed by atoms with E-state index in [2.05, 4.69) is 34.3 Å². The third kappa shape index (κ3) is 7.91. The number of hydrogen-bond donors (Lipinski definition) is 0. The van der Waals surface area contributed by atoms with Gasteiger partial charge in [0.2, 0.25) is 0 Å². The molecule has 0 rings (SSSR count). The predicted molar refractivity (Wildman–Crippen MR) is 60.3 cm³/mol. The average molecular weight is 166 g/mol. The molecule has 0 aromatic carbocycles. The van der Waals surface area contributed by atoms with Crippen LogP contribution < -0.4 is 0 Å². The average Bonchev–Trinajstić information content (AvgIpc) is 1.84. The van der Waals surface area contributed by atoms with E-state index in [9.17, 15) is 0 Å². The summed E-state index contributed by atoms with van der Waals surface area (Å²) in [4.78, 5) is 0. The van der Waals surface area contributed by atoms with Crippen molar-refractivity contribution < 1.29 is 0 Å². The second-order valence-corrected chi connectivity index (χ2v) is 4.63. The van der Waals surface area contributed by atoms with Crippen LogP contribution in [0, 0.1) is 5.92 Å². The Balaban J connectivity index is 3.32. The van der Waals surface area contributed by atoms with Crippen molar-refractivity contribution in [1.29, 1.82) is 0 Å². The molecular formula is C11H23B. The van der Waals surface area contributed by atoms with Gasteiger partial charge in [-0.25, -0.2) is 0 Å². The third-order valence-corrected chi connectivity index (χ3v) is 2.01. The van der Waals surface area contributed by atoms with Gasteiger partial charge in [0, 0.05) is 0 Å². The van der Waals surface area contributed by atoms with E-state index in [0.29, 0.717) is 0 Å². The van der Waals surface area contributed by atoms with E-state index in [0.717, 1.165) is 11.7 Å². The Morgan fingerprint density at radius 2 is 1.83 bits per heavy atom. The molecular weight excluding hydrogens is 143 g/mol. The van der Waals surface area contributed by atoms with Crippen molar-refractivity contribution in [3.05, 3.63) is 12.2 Å². The molecule has 1 heteroatoms. The maximum atomic E-state index is 4.09. The summed E-state index contributed by atoms with van der Waals surface area (Å²) in [6.45, 7) is 13.2. The molecule has 0 saturated carbocycles. The van der Waals surface area contributed by atoms with Gasteiger partial charge in [0.25, 0.3) is 0 Å². The molecule has 70 valence electrons. The lowest BCUT2D eigenvalue weighted by Gasteiger charge is -2.08. The highest BCUT2D eigenvalue weighted by molar-refractivity contribution is 6.37. The monoisotopic (exact) mass is 166 g/mol. The highest BCUT2D eigenvalue weighted by Crippen LogP contribution is 2.15. The van der Waals surface area contributed by atoms with Crippen LogP contribution >= 0.6 is 0 Å². The van der Waals surface area contributed by atoms with Gasteiger partial charge >= 0.3 is 0 Å². The van der Waals surface area contributed by atoms with E-state index in [1.54, 1.807) is 0 Å². The molecule has 0 aliphatic heterocycles. The Morgan fingerprint density at radius 3 is 2.25 bits per heavy atom. The van der Waals surface area contributed by atoms with E-state index in [4.69, 9.17) is 0 Å². The smallest absolute Gasteiger partial charge is 0.0999 e. The lowest BCUT2D eigenvalue weighted by Crippen LogP contribution is -1.97. The van der Waals surface area contributed by atoms with Gasteiger partial charge in [-0.1, -0.05) is 52.0 Å². The van der Waals surface area contributed by atoms with Crippen LogP contribution in [0.1, 0.15) is 40.5 Å². The molecule has 0 amide bonds. The quantitative estimate of drug-likeness (QED) is 0.417. The predicted octanol–water partition coefficient (Wildman–Crippen LogP) is 3.66. The largest absolute Gasteiger partial charge is 0.123 e. The fourth-order valence-electron chi connectivity index (χ4n) is 1.44. The van der Waals surface area contributed by atoms with Crippen LogP contribution in [0.5, 0.6) is 0 Å². The molecule has 0 aliphatic rings. The SMILES string of the molecule is C=C(CCBC(C)C)CC(C)C. The van der Waals surface area contributed by atoms with Crippen molar-refractivity contribution in [3.63, 3.8) is 0 Å². The van der Waals surface area contributed by atoms with E-state index < -0.39 is 0 Å². The summed E-state index contributed by atoms with van der Waals surface area (Å²) in [7, 11) is 1.34. The Kier molecular flexibility index (Phi) is 6.23. The fraction of sp³-hybridized carbons (Fsp3) is 0.818. The van der Waals surface area contributed by atoms with Crippen molar-refractivity contribution in [2.45, 2.75) is 52.7 Å². The van der Waals surface area contributed by atoms with Gasteiger partial charge in [-0.05, 0) is 18.8 Å². The van der Waals surface area contributed by atoms with Gasteiger partial charge < -0.3 is 0 Å². The summed E-state index contributed by atoms with van der Waals surface area (Å²) < 4.78 is 0. The zero-order valence-electron chi connectivity index (χ0n) is 9.19. The Labute approximate surface area is 78.7 Å².